The van der Waals surface area contributed by atoms with E-state index in [1.165, 1.54) is 40.7 Å². The van der Waals surface area contributed by atoms with Crippen molar-refractivity contribution in [1.82, 2.24) is 0 Å². The molecule has 32 heavy (non-hydrogen) atoms. The third-order valence-electron chi connectivity index (χ3n) is 5.08. The van der Waals surface area contributed by atoms with Crippen molar-refractivity contribution >= 4 is 33.2 Å². The predicted octanol–water partition coefficient (Wildman–Crippen LogP) is 2.55. The quantitative estimate of drug-likeness (QED) is 0.572. The van der Waals surface area contributed by atoms with Crippen molar-refractivity contribution in [3.8, 4) is 5.75 Å². The number of nitrogens with zero attached hydrogens (tertiary/aromatic N) is 1. The molecule has 0 saturated carbocycles. The van der Waals surface area contributed by atoms with E-state index in [0.717, 1.165) is 5.56 Å². The van der Waals surface area contributed by atoms with Gasteiger partial charge >= 0.3 is 0 Å². The Hall–Kier alpha value is -3.85. The Morgan fingerprint density at radius 3 is 2.34 bits per heavy atom. The van der Waals surface area contributed by atoms with Crippen LogP contribution in [-0.4, -0.2) is 33.4 Å². The van der Waals surface area contributed by atoms with Gasteiger partial charge in [0.15, 0.2) is 6.61 Å². The van der Waals surface area contributed by atoms with Gasteiger partial charge in [-0.1, -0.05) is 18.2 Å². The summed E-state index contributed by atoms with van der Waals surface area (Å²) in [6, 6.07) is 19.6. The summed E-state index contributed by atoms with van der Waals surface area (Å²) < 4.78 is 32.9. The van der Waals surface area contributed by atoms with Crippen molar-refractivity contribution < 1.29 is 22.7 Å². The molecule has 4 rings (SSSR count). The third-order valence-corrected chi connectivity index (χ3v) is 6.91. The van der Waals surface area contributed by atoms with Crippen LogP contribution >= 0.6 is 0 Å². The lowest BCUT2D eigenvalue weighted by atomic mass is 10.2. The molecule has 9 heteroatoms. The molecule has 0 aliphatic carbocycles. The SMILES string of the molecule is NC(=O)c1ccc(NC(=O)COc2ccc(S(=O)(=O)N3CCc4ccccc43)cc2)cc1. The molecule has 0 unspecified atom stereocenters. The van der Waals surface area contributed by atoms with Crippen LogP contribution in [0.2, 0.25) is 0 Å². The molecular formula is C23H21N3O5S. The Morgan fingerprint density at radius 2 is 1.66 bits per heavy atom. The van der Waals surface area contributed by atoms with Crippen molar-refractivity contribution in [1.29, 1.82) is 0 Å². The molecule has 1 aliphatic rings. The number of para-hydroxylation sites is 1. The van der Waals surface area contributed by atoms with E-state index in [1.807, 2.05) is 18.2 Å². The maximum atomic E-state index is 13.0. The minimum Gasteiger partial charge on any atom is -0.484 e. The summed E-state index contributed by atoms with van der Waals surface area (Å²) in [7, 11) is -3.68. The van der Waals surface area contributed by atoms with Crippen molar-refractivity contribution in [2.75, 3.05) is 22.8 Å². The number of rotatable bonds is 7. The Balaban J connectivity index is 1.37. The first-order chi connectivity index (χ1) is 15.3. The fourth-order valence-electron chi connectivity index (χ4n) is 3.46. The fourth-order valence-corrected chi connectivity index (χ4v) is 4.96. The maximum absolute atomic E-state index is 13.0. The van der Waals surface area contributed by atoms with Crippen LogP contribution < -0.4 is 20.1 Å². The molecule has 0 fully saturated rings. The van der Waals surface area contributed by atoms with Gasteiger partial charge in [-0.15, -0.1) is 0 Å². The Bertz CT molecular complexity index is 1260. The monoisotopic (exact) mass is 451 g/mol. The predicted molar refractivity (Wildman–Crippen MR) is 120 cm³/mol. The van der Waals surface area contributed by atoms with Crippen LogP contribution in [0.1, 0.15) is 15.9 Å². The zero-order valence-corrected chi connectivity index (χ0v) is 17.8. The zero-order chi connectivity index (χ0) is 22.7. The first kappa shape index (κ1) is 21.4. The normalized spacial score (nSPS) is 12.8. The minimum atomic E-state index is -3.68. The molecule has 0 saturated heterocycles. The molecule has 1 heterocycles. The summed E-state index contributed by atoms with van der Waals surface area (Å²) in [5, 5.41) is 2.64. The highest BCUT2D eigenvalue weighted by Crippen LogP contribution is 2.33. The van der Waals surface area contributed by atoms with Crippen molar-refractivity contribution in [2.45, 2.75) is 11.3 Å². The summed E-state index contributed by atoms with van der Waals surface area (Å²) in [6.07, 6.45) is 0.678. The Morgan fingerprint density at radius 1 is 0.969 bits per heavy atom. The summed E-state index contributed by atoms with van der Waals surface area (Å²) in [4.78, 5) is 23.3. The summed E-state index contributed by atoms with van der Waals surface area (Å²) in [6.45, 7) is 0.143. The molecule has 164 valence electrons. The second-order valence-corrected chi connectivity index (χ2v) is 9.07. The number of anilines is 2. The van der Waals surface area contributed by atoms with Crippen molar-refractivity contribution in [2.24, 2.45) is 5.73 Å². The highest BCUT2D eigenvalue weighted by atomic mass is 32.2. The molecule has 2 amide bonds. The molecule has 8 nitrogen and oxygen atoms in total. The van der Waals surface area contributed by atoms with Gasteiger partial charge in [-0.2, -0.15) is 0 Å². The van der Waals surface area contributed by atoms with E-state index < -0.39 is 21.8 Å². The highest BCUT2D eigenvalue weighted by Gasteiger charge is 2.30. The minimum absolute atomic E-state index is 0.153. The number of primary amides is 1. The van der Waals surface area contributed by atoms with Crippen LogP contribution in [0, 0.1) is 0 Å². The van der Waals surface area contributed by atoms with Crippen LogP contribution in [0.25, 0.3) is 0 Å². The van der Waals surface area contributed by atoms with Crippen LogP contribution in [0.4, 0.5) is 11.4 Å². The lowest BCUT2D eigenvalue weighted by Crippen LogP contribution is -2.29. The molecule has 3 N–H and O–H groups in total. The maximum Gasteiger partial charge on any atom is 0.264 e. The van der Waals surface area contributed by atoms with E-state index in [0.29, 0.717) is 35.7 Å². The van der Waals surface area contributed by atoms with Crippen LogP contribution in [0.5, 0.6) is 5.75 Å². The Labute approximate surface area is 185 Å². The number of sulfonamides is 1. The number of amides is 2. The van der Waals surface area contributed by atoms with E-state index in [-0.39, 0.29) is 11.5 Å². The average molecular weight is 452 g/mol. The van der Waals surface area contributed by atoms with Gasteiger partial charge in [0.2, 0.25) is 5.91 Å². The summed E-state index contributed by atoms with van der Waals surface area (Å²) in [5.41, 5.74) is 7.73. The van der Waals surface area contributed by atoms with E-state index >= 15 is 0 Å². The fraction of sp³-hybridized carbons (Fsp3) is 0.130. The molecule has 3 aromatic rings. The second-order valence-electron chi connectivity index (χ2n) is 7.21. The second kappa shape index (κ2) is 8.72. The lowest BCUT2D eigenvalue weighted by molar-refractivity contribution is -0.118. The molecular weight excluding hydrogens is 430 g/mol. The van der Waals surface area contributed by atoms with Crippen LogP contribution in [0.15, 0.2) is 77.7 Å². The van der Waals surface area contributed by atoms with Crippen molar-refractivity contribution in [3.63, 3.8) is 0 Å². The molecule has 0 aromatic heterocycles. The topological polar surface area (TPSA) is 119 Å². The van der Waals surface area contributed by atoms with Crippen LogP contribution in [0.3, 0.4) is 0 Å². The number of nitrogens with two attached hydrogens (primary N) is 1. The van der Waals surface area contributed by atoms with Gasteiger partial charge in [-0.25, -0.2) is 8.42 Å². The lowest BCUT2D eigenvalue weighted by Gasteiger charge is -2.19. The van der Waals surface area contributed by atoms with Gasteiger partial charge in [-0.3, -0.25) is 13.9 Å². The van der Waals surface area contributed by atoms with Gasteiger partial charge in [0, 0.05) is 17.8 Å². The number of carbonyl (C=O) groups excluding carboxylic acids is 2. The van der Waals surface area contributed by atoms with E-state index in [2.05, 4.69) is 5.32 Å². The van der Waals surface area contributed by atoms with Crippen LogP contribution in [-0.2, 0) is 21.2 Å². The van der Waals surface area contributed by atoms with E-state index in [4.69, 9.17) is 10.5 Å². The van der Waals surface area contributed by atoms with E-state index in [1.54, 1.807) is 18.2 Å². The number of benzene rings is 3. The number of hydrogen-bond acceptors (Lipinski definition) is 5. The molecule has 0 bridgehead atoms. The van der Waals surface area contributed by atoms with E-state index in [9.17, 15) is 18.0 Å². The Kier molecular flexibility index (Phi) is 5.83. The number of hydrogen-bond donors (Lipinski definition) is 2. The average Bonchev–Trinajstić information content (AvgIpc) is 3.23. The first-order valence-electron chi connectivity index (χ1n) is 9.88. The van der Waals surface area contributed by atoms with Gasteiger partial charge < -0.3 is 15.8 Å². The molecule has 1 aliphatic heterocycles. The van der Waals surface area contributed by atoms with Gasteiger partial charge in [0.1, 0.15) is 5.75 Å². The van der Waals surface area contributed by atoms with Gasteiger partial charge in [0.25, 0.3) is 15.9 Å². The van der Waals surface area contributed by atoms with Crippen molar-refractivity contribution in [3.05, 3.63) is 83.9 Å². The molecule has 0 spiro atoms. The molecule has 0 radical (unpaired) electrons. The number of fused-ring (bicyclic) bond motifs is 1. The first-order valence-corrected chi connectivity index (χ1v) is 11.3. The number of nitrogens with one attached hydrogen (secondary N) is 1. The smallest absolute Gasteiger partial charge is 0.264 e. The zero-order valence-electron chi connectivity index (χ0n) is 17.0. The van der Waals surface area contributed by atoms with Gasteiger partial charge in [0.05, 0.1) is 10.6 Å². The molecule has 3 aromatic carbocycles. The standard InChI is InChI=1S/C23H21N3O5S/c24-23(28)17-5-7-18(8-6-17)25-22(27)15-31-19-9-11-20(12-10-19)32(29,30)26-14-13-16-3-1-2-4-21(16)26/h1-12H,13-15H2,(H2,24,28)(H,25,27). The van der Waals surface area contributed by atoms with Gasteiger partial charge in [-0.05, 0) is 66.6 Å². The molecule has 0 atom stereocenters. The number of carbonyl (C=O) groups is 2. The largest absolute Gasteiger partial charge is 0.484 e. The highest BCUT2D eigenvalue weighted by molar-refractivity contribution is 7.92. The third kappa shape index (κ3) is 4.42. The summed E-state index contributed by atoms with van der Waals surface area (Å²) >= 11 is 0. The number of ether oxygens (including phenoxy) is 1. The summed E-state index contributed by atoms with van der Waals surface area (Å²) in [5.74, 6) is -0.585.